The van der Waals surface area contributed by atoms with E-state index in [1.54, 1.807) is 7.11 Å². The summed E-state index contributed by atoms with van der Waals surface area (Å²) >= 11 is 0. The number of nitrogens with one attached hydrogen (secondary N) is 1. The number of rotatable bonds is 8. The second-order valence-corrected chi connectivity index (χ2v) is 7.66. The molecule has 1 aliphatic rings. The molecule has 0 saturated carbocycles. The highest BCUT2D eigenvalue weighted by Gasteiger charge is 2.26. The first-order valence-corrected chi connectivity index (χ1v) is 10.6. The first-order valence-electron chi connectivity index (χ1n) is 10.6. The van der Waals surface area contributed by atoms with E-state index in [0.29, 0.717) is 12.5 Å². The van der Waals surface area contributed by atoms with E-state index in [9.17, 15) is 4.79 Å². The molecular weight excluding hydrogens is 362 g/mol. The zero-order valence-electron chi connectivity index (χ0n) is 17.8. The molecule has 0 unspecified atom stereocenters. The van der Waals surface area contributed by atoms with Crippen LogP contribution in [0.2, 0.25) is 0 Å². The largest absolute Gasteiger partial charge is 0.497 e. The third kappa shape index (κ3) is 5.51. The molecule has 2 atom stereocenters. The Balaban J connectivity index is 1.48. The number of carbonyl (C=O) groups excluding carboxylic acids is 1. The molecule has 2 aromatic carbocycles. The molecule has 0 aromatic heterocycles. The van der Waals surface area contributed by atoms with E-state index in [1.807, 2.05) is 25.1 Å². The van der Waals surface area contributed by atoms with Crippen molar-refractivity contribution in [1.82, 2.24) is 10.2 Å². The van der Waals surface area contributed by atoms with Crippen LogP contribution >= 0.6 is 0 Å². The lowest BCUT2D eigenvalue weighted by Gasteiger charge is -2.38. The highest BCUT2D eigenvalue weighted by atomic mass is 16.5. The fourth-order valence-electron chi connectivity index (χ4n) is 3.92. The van der Waals surface area contributed by atoms with Crippen molar-refractivity contribution in [3.8, 4) is 5.75 Å². The summed E-state index contributed by atoms with van der Waals surface area (Å²) < 4.78 is 5.24. The summed E-state index contributed by atoms with van der Waals surface area (Å²) in [5.41, 5.74) is 2.49. The van der Waals surface area contributed by atoms with Gasteiger partial charge in [0.1, 0.15) is 5.75 Å². The molecule has 1 saturated heterocycles. The number of piperazine rings is 1. The van der Waals surface area contributed by atoms with E-state index in [4.69, 9.17) is 4.74 Å². The number of carbonyl (C=O) groups is 1. The first kappa shape index (κ1) is 21.2. The van der Waals surface area contributed by atoms with Gasteiger partial charge in [-0.1, -0.05) is 37.3 Å². The van der Waals surface area contributed by atoms with Gasteiger partial charge >= 0.3 is 0 Å². The van der Waals surface area contributed by atoms with Gasteiger partial charge in [-0.05, 0) is 43.2 Å². The number of anilines is 1. The van der Waals surface area contributed by atoms with Crippen LogP contribution in [-0.2, 0) is 4.79 Å². The lowest BCUT2D eigenvalue weighted by Crippen LogP contribution is -2.54. The minimum absolute atomic E-state index is 0.110. The molecular formula is C24H33N3O2. The molecule has 1 aliphatic heterocycles. The Bertz CT molecular complexity index is 755. The Morgan fingerprint density at radius 1 is 1.03 bits per heavy atom. The van der Waals surface area contributed by atoms with Crippen molar-refractivity contribution in [2.24, 2.45) is 0 Å². The van der Waals surface area contributed by atoms with Gasteiger partial charge < -0.3 is 15.0 Å². The van der Waals surface area contributed by atoms with Gasteiger partial charge in [0, 0.05) is 44.3 Å². The molecule has 29 heavy (non-hydrogen) atoms. The van der Waals surface area contributed by atoms with Crippen LogP contribution in [0.5, 0.6) is 5.75 Å². The average molecular weight is 396 g/mol. The van der Waals surface area contributed by atoms with Crippen LogP contribution in [-0.4, -0.2) is 56.7 Å². The number of hydrogen-bond donors (Lipinski definition) is 1. The van der Waals surface area contributed by atoms with Gasteiger partial charge in [-0.2, -0.15) is 0 Å². The normalized spacial score (nSPS) is 16.9. The summed E-state index contributed by atoms with van der Waals surface area (Å²) in [4.78, 5) is 17.4. The Morgan fingerprint density at radius 3 is 2.28 bits per heavy atom. The van der Waals surface area contributed by atoms with Crippen LogP contribution in [0.1, 0.15) is 31.7 Å². The van der Waals surface area contributed by atoms with E-state index in [1.165, 1.54) is 11.3 Å². The second kappa shape index (κ2) is 10.3. The molecule has 5 nitrogen and oxygen atoms in total. The molecule has 0 aliphatic carbocycles. The molecule has 1 heterocycles. The van der Waals surface area contributed by atoms with Gasteiger partial charge in [0.05, 0.1) is 13.2 Å². The summed E-state index contributed by atoms with van der Waals surface area (Å²) in [5, 5.41) is 3.18. The first-order chi connectivity index (χ1) is 14.1. The second-order valence-electron chi connectivity index (χ2n) is 7.66. The van der Waals surface area contributed by atoms with Gasteiger partial charge in [0.25, 0.3) is 0 Å². The zero-order valence-corrected chi connectivity index (χ0v) is 17.8. The SMILES string of the molecule is CC[C@@H](CNC(=O)[C@@H](C)N1CCN(c2ccc(OC)cc2)CC1)c1ccccc1. The molecule has 1 amide bonds. The summed E-state index contributed by atoms with van der Waals surface area (Å²) in [6.45, 7) is 8.49. The standard InChI is InChI=1S/C24H33N3O2/c1-4-20(21-8-6-5-7-9-21)18-25-24(28)19(2)26-14-16-27(17-15-26)22-10-12-23(29-3)13-11-22/h5-13,19-20H,4,14-18H2,1-3H3,(H,25,28)/t19-,20+/m1/s1. The van der Waals surface area contributed by atoms with E-state index >= 15 is 0 Å². The smallest absolute Gasteiger partial charge is 0.237 e. The zero-order chi connectivity index (χ0) is 20.6. The van der Waals surface area contributed by atoms with Crippen molar-refractivity contribution >= 4 is 11.6 Å². The minimum Gasteiger partial charge on any atom is -0.497 e. The van der Waals surface area contributed by atoms with Crippen molar-refractivity contribution in [2.75, 3.05) is 44.7 Å². The van der Waals surface area contributed by atoms with Crippen molar-refractivity contribution in [3.63, 3.8) is 0 Å². The molecule has 0 bridgehead atoms. The van der Waals surface area contributed by atoms with Crippen molar-refractivity contribution < 1.29 is 9.53 Å². The Hall–Kier alpha value is -2.53. The number of hydrogen-bond acceptors (Lipinski definition) is 4. The fourth-order valence-corrected chi connectivity index (χ4v) is 3.92. The predicted molar refractivity (Wildman–Crippen MR) is 119 cm³/mol. The molecule has 1 N–H and O–H groups in total. The topological polar surface area (TPSA) is 44.8 Å². The van der Waals surface area contributed by atoms with Crippen LogP contribution in [0.25, 0.3) is 0 Å². The van der Waals surface area contributed by atoms with Crippen molar-refractivity contribution in [3.05, 3.63) is 60.2 Å². The van der Waals surface area contributed by atoms with Gasteiger partial charge in [0.15, 0.2) is 0 Å². The van der Waals surface area contributed by atoms with Gasteiger partial charge in [-0.15, -0.1) is 0 Å². The van der Waals surface area contributed by atoms with E-state index in [2.05, 4.69) is 58.4 Å². The number of benzene rings is 2. The third-order valence-electron chi connectivity index (χ3n) is 5.97. The van der Waals surface area contributed by atoms with Crippen molar-refractivity contribution in [2.45, 2.75) is 32.2 Å². The van der Waals surface area contributed by atoms with E-state index in [-0.39, 0.29) is 11.9 Å². The van der Waals surface area contributed by atoms with Crippen LogP contribution in [0.3, 0.4) is 0 Å². The monoisotopic (exact) mass is 395 g/mol. The van der Waals surface area contributed by atoms with Gasteiger partial charge in [0.2, 0.25) is 5.91 Å². The lowest BCUT2D eigenvalue weighted by atomic mass is 9.96. The van der Waals surface area contributed by atoms with Gasteiger partial charge in [-0.3, -0.25) is 9.69 Å². The third-order valence-corrected chi connectivity index (χ3v) is 5.97. The highest BCUT2D eigenvalue weighted by Crippen LogP contribution is 2.21. The Morgan fingerprint density at radius 2 is 1.69 bits per heavy atom. The molecule has 1 fully saturated rings. The molecule has 3 rings (SSSR count). The maximum atomic E-state index is 12.7. The molecule has 0 spiro atoms. The van der Waals surface area contributed by atoms with Crippen molar-refractivity contribution in [1.29, 1.82) is 0 Å². The summed E-state index contributed by atoms with van der Waals surface area (Å²) in [6, 6.07) is 18.5. The highest BCUT2D eigenvalue weighted by molar-refractivity contribution is 5.81. The molecule has 0 radical (unpaired) electrons. The number of amides is 1. The number of methoxy groups -OCH3 is 1. The van der Waals surface area contributed by atoms with E-state index in [0.717, 1.165) is 38.3 Å². The summed E-state index contributed by atoms with van der Waals surface area (Å²) in [5.74, 6) is 1.36. The Labute approximate surface area is 174 Å². The summed E-state index contributed by atoms with van der Waals surface area (Å²) in [7, 11) is 1.68. The lowest BCUT2D eigenvalue weighted by molar-refractivity contribution is -0.126. The maximum Gasteiger partial charge on any atom is 0.237 e. The van der Waals surface area contributed by atoms with Crippen LogP contribution in [0.15, 0.2) is 54.6 Å². The van der Waals surface area contributed by atoms with Crippen LogP contribution < -0.4 is 15.0 Å². The number of nitrogens with zero attached hydrogens (tertiary/aromatic N) is 2. The Kier molecular flexibility index (Phi) is 7.53. The van der Waals surface area contributed by atoms with Crippen LogP contribution in [0.4, 0.5) is 5.69 Å². The predicted octanol–water partition coefficient (Wildman–Crippen LogP) is 3.52. The average Bonchev–Trinajstić information content (AvgIpc) is 2.79. The van der Waals surface area contributed by atoms with Gasteiger partial charge in [-0.25, -0.2) is 0 Å². The number of ether oxygens (including phenoxy) is 1. The van der Waals surface area contributed by atoms with E-state index < -0.39 is 0 Å². The quantitative estimate of drug-likeness (QED) is 0.743. The minimum atomic E-state index is -0.110. The molecule has 156 valence electrons. The van der Waals surface area contributed by atoms with Crippen LogP contribution in [0, 0.1) is 0 Å². The summed E-state index contributed by atoms with van der Waals surface area (Å²) in [6.07, 6.45) is 1.01. The molecule has 2 aromatic rings. The maximum absolute atomic E-state index is 12.7. The fraction of sp³-hybridized carbons (Fsp3) is 0.458. The molecule has 5 heteroatoms.